The molecular weight excluding hydrogens is 421 g/mol. The molecule has 1 unspecified atom stereocenters. The summed E-state index contributed by atoms with van der Waals surface area (Å²) in [5, 5.41) is 16.0. The number of likely N-dealkylation sites (tertiary alicyclic amines) is 1. The first-order chi connectivity index (χ1) is 15.2. The van der Waals surface area contributed by atoms with Crippen LogP contribution in [0.4, 0.5) is 13.2 Å². The summed E-state index contributed by atoms with van der Waals surface area (Å²) in [5.41, 5.74) is 4.90. The van der Waals surface area contributed by atoms with Crippen molar-refractivity contribution in [1.82, 2.24) is 19.9 Å². The average Bonchev–Trinajstić information content (AvgIpc) is 3.23. The number of hydrogen-bond donors (Lipinski definition) is 1. The van der Waals surface area contributed by atoms with E-state index in [0.29, 0.717) is 5.92 Å². The first-order valence-corrected chi connectivity index (χ1v) is 10.3. The molecule has 1 fully saturated rings. The molecule has 32 heavy (non-hydrogen) atoms. The normalized spacial score (nSPS) is 16.8. The molecule has 0 spiro atoms. The van der Waals surface area contributed by atoms with Crippen LogP contribution in [0.2, 0.25) is 0 Å². The van der Waals surface area contributed by atoms with Crippen molar-refractivity contribution in [3.63, 3.8) is 0 Å². The van der Waals surface area contributed by atoms with E-state index in [1.54, 1.807) is 0 Å². The van der Waals surface area contributed by atoms with Crippen molar-refractivity contribution in [3.05, 3.63) is 72.1 Å². The van der Waals surface area contributed by atoms with Crippen molar-refractivity contribution in [2.24, 2.45) is 0 Å². The van der Waals surface area contributed by atoms with Crippen LogP contribution < -0.4 is 0 Å². The van der Waals surface area contributed by atoms with E-state index in [1.807, 2.05) is 4.68 Å². The van der Waals surface area contributed by atoms with Crippen molar-refractivity contribution < 1.29 is 23.1 Å². The molecule has 4 rings (SSSR count). The number of rotatable bonds is 4. The molecule has 2 heterocycles. The number of aromatic nitrogens is 3. The smallest absolute Gasteiger partial charge is 0.475 e. The molecule has 0 aliphatic carbocycles. The van der Waals surface area contributed by atoms with Gasteiger partial charge in [-0.15, -0.1) is 5.10 Å². The maximum atomic E-state index is 10.6. The summed E-state index contributed by atoms with van der Waals surface area (Å²) in [6.07, 6.45) is -0.500. The molecule has 9 heteroatoms. The lowest BCUT2D eigenvalue weighted by Gasteiger charge is -2.28. The Hall–Kier alpha value is -3.20. The third-order valence-electron chi connectivity index (χ3n) is 5.28. The molecular formula is C23H25F3N4O2. The SMILES string of the molecule is CN1CCCC(c2cn(Cc3ccccc3-c3ccccc3)nn2)C1.O=C(O)C(F)(F)F. The van der Waals surface area contributed by atoms with Gasteiger partial charge in [0.2, 0.25) is 0 Å². The predicted molar refractivity (Wildman–Crippen MR) is 114 cm³/mol. The molecule has 1 atom stereocenters. The van der Waals surface area contributed by atoms with Crippen LogP contribution >= 0.6 is 0 Å². The first kappa shape index (κ1) is 23.5. The third kappa shape index (κ3) is 6.40. The van der Waals surface area contributed by atoms with Crippen LogP contribution in [0.15, 0.2) is 60.8 Å². The van der Waals surface area contributed by atoms with Crippen molar-refractivity contribution in [1.29, 1.82) is 0 Å². The molecule has 2 aromatic carbocycles. The Labute approximate surface area is 184 Å². The Bertz CT molecular complexity index is 1020. The Morgan fingerprint density at radius 1 is 1.12 bits per heavy atom. The summed E-state index contributed by atoms with van der Waals surface area (Å²) < 4.78 is 33.7. The van der Waals surface area contributed by atoms with Gasteiger partial charge in [-0.05, 0) is 43.1 Å². The number of carbonyl (C=O) groups is 1. The minimum Gasteiger partial charge on any atom is -0.475 e. The Balaban J connectivity index is 0.000000360. The van der Waals surface area contributed by atoms with Crippen LogP contribution in [0, 0.1) is 0 Å². The molecule has 1 N–H and O–H groups in total. The molecule has 1 aliphatic heterocycles. The number of carboxylic acids is 1. The van der Waals surface area contributed by atoms with E-state index in [9.17, 15) is 13.2 Å². The molecule has 3 aromatic rings. The Morgan fingerprint density at radius 2 is 1.78 bits per heavy atom. The zero-order chi connectivity index (χ0) is 23.1. The van der Waals surface area contributed by atoms with Gasteiger partial charge in [-0.1, -0.05) is 59.8 Å². The minimum absolute atomic E-state index is 0.511. The summed E-state index contributed by atoms with van der Waals surface area (Å²) in [6.45, 7) is 3.02. The minimum atomic E-state index is -5.08. The highest BCUT2D eigenvalue weighted by Crippen LogP contribution is 2.26. The average molecular weight is 446 g/mol. The van der Waals surface area contributed by atoms with Gasteiger partial charge in [0.1, 0.15) is 0 Å². The van der Waals surface area contributed by atoms with Gasteiger partial charge in [-0.25, -0.2) is 9.48 Å². The number of nitrogens with zero attached hydrogens (tertiary/aromatic N) is 4. The van der Waals surface area contributed by atoms with Gasteiger partial charge in [-0.3, -0.25) is 0 Å². The fraction of sp³-hybridized carbons (Fsp3) is 0.348. The second kappa shape index (κ2) is 10.4. The molecule has 0 amide bonds. The van der Waals surface area contributed by atoms with Gasteiger partial charge in [0, 0.05) is 18.7 Å². The van der Waals surface area contributed by atoms with Crippen molar-refractivity contribution in [2.45, 2.75) is 31.5 Å². The summed E-state index contributed by atoms with van der Waals surface area (Å²) in [7, 11) is 2.19. The number of hydrogen-bond acceptors (Lipinski definition) is 4. The molecule has 0 bridgehead atoms. The number of alkyl halides is 3. The van der Waals surface area contributed by atoms with Gasteiger partial charge in [-0.2, -0.15) is 13.2 Å². The number of benzene rings is 2. The van der Waals surface area contributed by atoms with Crippen LogP contribution in [0.25, 0.3) is 11.1 Å². The highest BCUT2D eigenvalue weighted by Gasteiger charge is 2.38. The van der Waals surface area contributed by atoms with Gasteiger partial charge < -0.3 is 10.0 Å². The Kier molecular flexibility index (Phi) is 7.63. The summed E-state index contributed by atoms with van der Waals surface area (Å²) in [6, 6.07) is 19.1. The van der Waals surface area contributed by atoms with Crippen LogP contribution in [0.5, 0.6) is 0 Å². The predicted octanol–water partition coefficient (Wildman–Crippen LogP) is 4.44. The Morgan fingerprint density at radius 3 is 2.44 bits per heavy atom. The second-order valence-corrected chi connectivity index (χ2v) is 7.77. The number of carboxylic acid groups (broad SMARTS) is 1. The molecule has 1 aliphatic rings. The maximum Gasteiger partial charge on any atom is 0.490 e. The lowest BCUT2D eigenvalue weighted by atomic mass is 9.96. The van der Waals surface area contributed by atoms with Gasteiger partial charge >= 0.3 is 12.1 Å². The van der Waals surface area contributed by atoms with E-state index >= 15 is 0 Å². The van der Waals surface area contributed by atoms with E-state index < -0.39 is 12.1 Å². The number of piperidine rings is 1. The molecule has 1 saturated heterocycles. The fourth-order valence-corrected chi connectivity index (χ4v) is 3.72. The largest absolute Gasteiger partial charge is 0.490 e. The third-order valence-corrected chi connectivity index (χ3v) is 5.28. The highest BCUT2D eigenvalue weighted by molar-refractivity contribution is 5.73. The number of likely N-dealkylation sites (N-methyl/N-ethyl adjacent to an activating group) is 1. The quantitative estimate of drug-likeness (QED) is 0.642. The second-order valence-electron chi connectivity index (χ2n) is 7.77. The van der Waals surface area contributed by atoms with Crippen molar-refractivity contribution in [3.8, 4) is 11.1 Å². The lowest BCUT2D eigenvalue weighted by molar-refractivity contribution is -0.192. The number of halogens is 3. The first-order valence-electron chi connectivity index (χ1n) is 10.3. The topological polar surface area (TPSA) is 71.2 Å². The van der Waals surface area contributed by atoms with E-state index in [0.717, 1.165) is 18.8 Å². The molecule has 0 saturated carbocycles. The van der Waals surface area contributed by atoms with Crippen LogP contribution in [0.3, 0.4) is 0 Å². The molecule has 6 nitrogen and oxygen atoms in total. The molecule has 0 radical (unpaired) electrons. The van der Waals surface area contributed by atoms with Crippen molar-refractivity contribution >= 4 is 5.97 Å². The number of aliphatic carboxylic acids is 1. The van der Waals surface area contributed by atoms with E-state index in [4.69, 9.17) is 9.90 Å². The van der Waals surface area contributed by atoms with E-state index in [2.05, 4.69) is 83.1 Å². The summed E-state index contributed by atoms with van der Waals surface area (Å²) in [4.78, 5) is 11.3. The van der Waals surface area contributed by atoms with Crippen LogP contribution in [-0.2, 0) is 11.3 Å². The van der Waals surface area contributed by atoms with Crippen molar-refractivity contribution in [2.75, 3.05) is 20.1 Å². The van der Waals surface area contributed by atoms with Crippen LogP contribution in [0.1, 0.15) is 30.0 Å². The zero-order valence-electron chi connectivity index (χ0n) is 17.7. The van der Waals surface area contributed by atoms with Gasteiger partial charge in [0.15, 0.2) is 0 Å². The highest BCUT2D eigenvalue weighted by atomic mass is 19.4. The summed E-state index contributed by atoms with van der Waals surface area (Å²) in [5.74, 6) is -2.25. The van der Waals surface area contributed by atoms with Crippen LogP contribution in [-0.4, -0.2) is 57.3 Å². The summed E-state index contributed by atoms with van der Waals surface area (Å²) >= 11 is 0. The zero-order valence-corrected chi connectivity index (χ0v) is 17.7. The van der Waals surface area contributed by atoms with Gasteiger partial charge in [0.05, 0.1) is 12.2 Å². The van der Waals surface area contributed by atoms with Gasteiger partial charge in [0.25, 0.3) is 0 Å². The molecule has 170 valence electrons. The standard InChI is InChI=1S/C21H24N4.C2HF3O2/c1-24-13-7-11-19(14-24)21-16-25(23-22-21)15-18-10-5-6-12-20(18)17-8-3-2-4-9-17;3-2(4,5)1(6)7/h2-6,8-10,12,16,19H,7,11,13-15H2,1H3;(H,6,7). The fourth-order valence-electron chi connectivity index (χ4n) is 3.72. The maximum absolute atomic E-state index is 10.6. The molecule has 1 aromatic heterocycles. The monoisotopic (exact) mass is 446 g/mol. The van der Waals surface area contributed by atoms with E-state index in [-0.39, 0.29) is 0 Å². The van der Waals surface area contributed by atoms with E-state index in [1.165, 1.54) is 36.1 Å². The lowest BCUT2D eigenvalue weighted by Crippen LogP contribution is -2.30.